The second kappa shape index (κ2) is 6.91. The molecule has 114 valence electrons. The maximum atomic E-state index is 5.67. The molecule has 5 nitrogen and oxygen atoms in total. The fraction of sp³-hybridized carbons (Fsp3) is 0.562. The van der Waals surface area contributed by atoms with E-state index >= 15 is 0 Å². The zero-order valence-electron chi connectivity index (χ0n) is 12.5. The quantitative estimate of drug-likeness (QED) is 0.376. The second-order valence-corrected chi connectivity index (χ2v) is 5.88. The summed E-state index contributed by atoms with van der Waals surface area (Å²) in [6.07, 6.45) is 5.55. The first-order valence-electron chi connectivity index (χ1n) is 7.96. The monoisotopic (exact) mass is 287 g/mol. The first kappa shape index (κ1) is 14.4. The minimum atomic E-state index is 0.771. The van der Waals surface area contributed by atoms with Gasteiger partial charge in [0.15, 0.2) is 0 Å². The number of guanidine groups is 1. The van der Waals surface area contributed by atoms with Gasteiger partial charge in [0.05, 0.1) is 5.69 Å². The Kier molecular flexibility index (Phi) is 4.72. The second-order valence-electron chi connectivity index (χ2n) is 5.88. The van der Waals surface area contributed by atoms with E-state index in [2.05, 4.69) is 20.2 Å². The fourth-order valence-corrected chi connectivity index (χ4v) is 3.39. The van der Waals surface area contributed by atoms with E-state index in [9.17, 15) is 0 Å². The van der Waals surface area contributed by atoms with Gasteiger partial charge >= 0.3 is 0 Å². The highest BCUT2D eigenvalue weighted by Gasteiger charge is 2.27. The number of hydrogen-bond acceptors (Lipinski definition) is 3. The number of nitrogens with two attached hydrogens (primary N) is 1. The zero-order valence-corrected chi connectivity index (χ0v) is 12.5. The van der Waals surface area contributed by atoms with Crippen LogP contribution in [0.5, 0.6) is 0 Å². The minimum absolute atomic E-state index is 0.771. The Bertz CT molecular complexity index is 459. The van der Waals surface area contributed by atoms with E-state index in [1.165, 1.54) is 25.7 Å². The molecule has 1 aromatic carbocycles. The molecule has 1 aromatic rings. The van der Waals surface area contributed by atoms with Crippen LogP contribution in [0.3, 0.4) is 0 Å². The smallest absolute Gasteiger partial charge is 0.213 e. The van der Waals surface area contributed by atoms with Crippen molar-refractivity contribution in [3.8, 4) is 0 Å². The van der Waals surface area contributed by atoms with Gasteiger partial charge in [0.2, 0.25) is 5.96 Å². The third-order valence-electron chi connectivity index (χ3n) is 4.58. The lowest BCUT2D eigenvalue weighted by Gasteiger charge is -2.39. The van der Waals surface area contributed by atoms with Crippen molar-refractivity contribution in [3.05, 3.63) is 30.3 Å². The molecule has 0 radical (unpaired) electrons. The van der Waals surface area contributed by atoms with Crippen molar-refractivity contribution >= 4 is 11.6 Å². The SMILES string of the molecule is NNC(=Nc1ccccc1)N1CCN(C2CCCC2)CC1. The van der Waals surface area contributed by atoms with Crippen LogP contribution in [0, 0.1) is 0 Å². The Balaban J connectivity index is 1.60. The Morgan fingerprint density at radius 1 is 1.05 bits per heavy atom. The molecule has 0 spiro atoms. The molecule has 1 aliphatic carbocycles. The van der Waals surface area contributed by atoms with E-state index in [0.29, 0.717) is 0 Å². The summed E-state index contributed by atoms with van der Waals surface area (Å²) in [6.45, 7) is 4.21. The van der Waals surface area contributed by atoms with Crippen LogP contribution < -0.4 is 11.3 Å². The van der Waals surface area contributed by atoms with E-state index in [4.69, 9.17) is 5.84 Å². The summed E-state index contributed by atoms with van der Waals surface area (Å²) in [5.41, 5.74) is 3.70. The number of para-hydroxylation sites is 1. The number of rotatable bonds is 2. The molecule has 1 aliphatic heterocycles. The van der Waals surface area contributed by atoms with Crippen LogP contribution in [0.2, 0.25) is 0 Å². The van der Waals surface area contributed by atoms with Gasteiger partial charge in [-0.3, -0.25) is 10.3 Å². The maximum absolute atomic E-state index is 5.67. The number of nitrogens with one attached hydrogen (secondary N) is 1. The standard InChI is InChI=1S/C16H25N5/c17-19-16(18-14-6-2-1-3-7-14)21-12-10-20(11-13-21)15-8-4-5-9-15/h1-3,6-7,15H,4-5,8-13,17H2,(H,18,19). The molecule has 0 amide bonds. The molecule has 2 aliphatic rings. The molecule has 0 unspecified atom stereocenters. The largest absolute Gasteiger partial charge is 0.339 e. The van der Waals surface area contributed by atoms with Gasteiger partial charge in [-0.25, -0.2) is 10.8 Å². The number of piperazine rings is 1. The Labute approximate surface area is 126 Å². The van der Waals surface area contributed by atoms with E-state index in [-0.39, 0.29) is 0 Å². The van der Waals surface area contributed by atoms with Gasteiger partial charge in [-0.15, -0.1) is 0 Å². The average Bonchev–Trinajstić information content (AvgIpc) is 3.08. The average molecular weight is 287 g/mol. The molecule has 0 bridgehead atoms. The van der Waals surface area contributed by atoms with E-state index in [0.717, 1.165) is 43.9 Å². The topological polar surface area (TPSA) is 56.9 Å². The minimum Gasteiger partial charge on any atom is -0.339 e. The number of nitrogens with zero attached hydrogens (tertiary/aromatic N) is 3. The number of benzene rings is 1. The lowest BCUT2D eigenvalue weighted by molar-refractivity contribution is 0.132. The summed E-state index contributed by atoms with van der Waals surface area (Å²) >= 11 is 0. The van der Waals surface area contributed by atoms with Crippen molar-refractivity contribution in [2.45, 2.75) is 31.7 Å². The number of aliphatic imine (C=N–C) groups is 1. The van der Waals surface area contributed by atoms with Gasteiger partial charge in [0.1, 0.15) is 0 Å². The third-order valence-corrected chi connectivity index (χ3v) is 4.58. The molecule has 0 aromatic heterocycles. The maximum Gasteiger partial charge on any atom is 0.213 e. The molecule has 21 heavy (non-hydrogen) atoms. The molecular formula is C16H25N5. The lowest BCUT2D eigenvalue weighted by atomic mass is 10.2. The van der Waals surface area contributed by atoms with Crippen LogP contribution in [0.15, 0.2) is 35.3 Å². The Hall–Kier alpha value is -1.59. The molecule has 1 heterocycles. The Morgan fingerprint density at radius 3 is 2.33 bits per heavy atom. The lowest BCUT2D eigenvalue weighted by Crippen LogP contribution is -2.55. The third kappa shape index (κ3) is 3.54. The summed E-state index contributed by atoms with van der Waals surface area (Å²) < 4.78 is 0. The number of hydrogen-bond donors (Lipinski definition) is 2. The normalized spacial score (nSPS) is 21.8. The number of hydrazine groups is 1. The highest BCUT2D eigenvalue weighted by molar-refractivity contribution is 5.82. The van der Waals surface area contributed by atoms with Gasteiger partial charge in [-0.2, -0.15) is 0 Å². The molecule has 1 saturated heterocycles. The van der Waals surface area contributed by atoms with Crippen LogP contribution in [0.4, 0.5) is 5.69 Å². The molecular weight excluding hydrogens is 262 g/mol. The summed E-state index contributed by atoms with van der Waals surface area (Å²) in [5.74, 6) is 6.44. The van der Waals surface area contributed by atoms with Gasteiger partial charge in [-0.05, 0) is 25.0 Å². The highest BCUT2D eigenvalue weighted by atomic mass is 15.4. The van der Waals surface area contributed by atoms with Crippen LogP contribution in [0.1, 0.15) is 25.7 Å². The molecule has 3 N–H and O–H groups in total. The van der Waals surface area contributed by atoms with Crippen molar-refractivity contribution in [2.75, 3.05) is 26.2 Å². The van der Waals surface area contributed by atoms with Crippen molar-refractivity contribution in [1.82, 2.24) is 15.2 Å². The molecule has 3 rings (SSSR count). The van der Waals surface area contributed by atoms with Crippen LogP contribution in [-0.2, 0) is 0 Å². The summed E-state index contributed by atoms with van der Waals surface area (Å²) in [6, 6.07) is 10.8. The van der Waals surface area contributed by atoms with Gasteiger partial charge in [0.25, 0.3) is 0 Å². The summed E-state index contributed by atoms with van der Waals surface area (Å²) in [5, 5.41) is 0. The summed E-state index contributed by atoms with van der Waals surface area (Å²) in [7, 11) is 0. The molecule has 0 atom stereocenters. The fourth-order valence-electron chi connectivity index (χ4n) is 3.39. The van der Waals surface area contributed by atoms with Crippen molar-refractivity contribution < 1.29 is 0 Å². The van der Waals surface area contributed by atoms with Crippen LogP contribution >= 0.6 is 0 Å². The summed E-state index contributed by atoms with van der Waals surface area (Å²) in [4.78, 5) is 9.50. The van der Waals surface area contributed by atoms with Gasteiger partial charge in [0, 0.05) is 32.2 Å². The van der Waals surface area contributed by atoms with Crippen molar-refractivity contribution in [3.63, 3.8) is 0 Å². The van der Waals surface area contributed by atoms with E-state index in [1.807, 2.05) is 30.3 Å². The highest BCUT2D eigenvalue weighted by Crippen LogP contribution is 2.24. The van der Waals surface area contributed by atoms with E-state index < -0.39 is 0 Å². The van der Waals surface area contributed by atoms with Crippen molar-refractivity contribution in [1.29, 1.82) is 0 Å². The van der Waals surface area contributed by atoms with Crippen LogP contribution in [0.25, 0.3) is 0 Å². The molecule has 5 heteroatoms. The zero-order chi connectivity index (χ0) is 14.5. The van der Waals surface area contributed by atoms with Gasteiger partial charge in [-0.1, -0.05) is 31.0 Å². The molecule has 2 fully saturated rings. The first-order valence-corrected chi connectivity index (χ1v) is 7.96. The predicted molar refractivity (Wildman–Crippen MR) is 86.3 cm³/mol. The van der Waals surface area contributed by atoms with Crippen LogP contribution in [-0.4, -0.2) is 48.0 Å². The van der Waals surface area contributed by atoms with Crippen molar-refractivity contribution in [2.24, 2.45) is 10.8 Å². The van der Waals surface area contributed by atoms with Gasteiger partial charge < -0.3 is 4.90 Å². The van der Waals surface area contributed by atoms with E-state index in [1.54, 1.807) is 0 Å². The predicted octanol–water partition coefficient (Wildman–Crippen LogP) is 1.70. The Morgan fingerprint density at radius 2 is 1.71 bits per heavy atom. The molecule has 1 saturated carbocycles. The first-order chi connectivity index (χ1) is 10.4.